The first-order chi connectivity index (χ1) is 16.2. The number of carbonyl (C=O) groups excluding carboxylic acids is 1. The van der Waals surface area contributed by atoms with E-state index in [2.05, 4.69) is 33.5 Å². The van der Waals surface area contributed by atoms with Crippen LogP contribution < -0.4 is 9.64 Å². The van der Waals surface area contributed by atoms with Crippen LogP contribution in [0.4, 0.5) is 5.69 Å². The van der Waals surface area contributed by atoms with Gasteiger partial charge in [0.1, 0.15) is 12.3 Å². The molecule has 0 amide bonds. The number of hydrogen-bond acceptors (Lipinski definition) is 5. The molecule has 1 aliphatic rings. The molecule has 2 aromatic rings. The van der Waals surface area contributed by atoms with Crippen molar-refractivity contribution >= 4 is 11.7 Å². The van der Waals surface area contributed by atoms with Crippen molar-refractivity contribution in [2.45, 2.75) is 84.1 Å². The highest BCUT2D eigenvalue weighted by molar-refractivity contribution is 5.78. The molecule has 1 aromatic heterocycles. The minimum atomic E-state index is -0.172. The van der Waals surface area contributed by atoms with Gasteiger partial charge in [0.25, 0.3) is 0 Å². The second-order valence-electron chi connectivity index (χ2n) is 9.02. The van der Waals surface area contributed by atoms with Gasteiger partial charge in [-0.3, -0.25) is 4.79 Å². The highest BCUT2D eigenvalue weighted by atomic mass is 16.5. The van der Waals surface area contributed by atoms with E-state index >= 15 is 0 Å². The summed E-state index contributed by atoms with van der Waals surface area (Å²) in [5.74, 6) is 1.11. The quantitative estimate of drug-likeness (QED) is 0.231. The summed E-state index contributed by atoms with van der Waals surface area (Å²) in [6.45, 7) is 7.30. The molecule has 3 rings (SSSR count). The van der Waals surface area contributed by atoms with E-state index in [9.17, 15) is 4.79 Å². The molecule has 2 heterocycles. The Bertz CT molecular complexity index is 822. The molecular weight excluding hydrogens is 414 g/mol. The number of anilines is 1. The van der Waals surface area contributed by atoms with Gasteiger partial charge in [0, 0.05) is 37.1 Å². The van der Waals surface area contributed by atoms with Crippen LogP contribution in [-0.2, 0) is 16.1 Å². The van der Waals surface area contributed by atoms with Gasteiger partial charge in [-0.15, -0.1) is 0 Å². The number of aryl methyl sites for hydroxylation is 1. The van der Waals surface area contributed by atoms with Gasteiger partial charge in [-0.05, 0) is 43.5 Å². The van der Waals surface area contributed by atoms with Crippen LogP contribution >= 0.6 is 0 Å². The standard InChI is InChI=1S/C27H41N3O3/c1-3-5-6-7-8-9-10-11-18-33-24-12-13-26-25(19-24)23(14-16-29-17-15-28-22-29)20-30(26)21-27(31)32-4-2/h12-13,15,17,19,22-23H,3-11,14,16,18,20-21H2,1-2H3. The van der Waals surface area contributed by atoms with Crippen molar-refractivity contribution in [2.24, 2.45) is 0 Å². The van der Waals surface area contributed by atoms with Crippen LogP contribution in [0.15, 0.2) is 36.9 Å². The molecule has 0 saturated heterocycles. The lowest BCUT2D eigenvalue weighted by atomic mass is 9.97. The van der Waals surface area contributed by atoms with E-state index in [1.165, 1.54) is 50.5 Å². The third-order valence-corrected chi connectivity index (χ3v) is 6.41. The Morgan fingerprint density at radius 2 is 1.88 bits per heavy atom. The lowest BCUT2D eigenvalue weighted by Crippen LogP contribution is -2.30. The first kappa shape index (κ1) is 25.1. The second-order valence-corrected chi connectivity index (χ2v) is 9.02. The van der Waals surface area contributed by atoms with E-state index in [0.717, 1.165) is 44.0 Å². The molecular formula is C27H41N3O3. The summed E-state index contributed by atoms with van der Waals surface area (Å²) in [4.78, 5) is 18.4. The molecule has 0 N–H and O–H groups in total. The van der Waals surface area contributed by atoms with Gasteiger partial charge in [-0.25, -0.2) is 4.98 Å². The molecule has 182 valence electrons. The Morgan fingerprint density at radius 1 is 1.09 bits per heavy atom. The number of aromatic nitrogens is 2. The van der Waals surface area contributed by atoms with Crippen LogP contribution in [0.2, 0.25) is 0 Å². The Kier molecular flexibility index (Phi) is 10.6. The number of esters is 1. The monoisotopic (exact) mass is 455 g/mol. The summed E-state index contributed by atoms with van der Waals surface area (Å²) in [6.07, 6.45) is 17.0. The van der Waals surface area contributed by atoms with Crippen molar-refractivity contribution < 1.29 is 14.3 Å². The highest BCUT2D eigenvalue weighted by Crippen LogP contribution is 2.40. The first-order valence-electron chi connectivity index (χ1n) is 12.8. The van der Waals surface area contributed by atoms with Gasteiger partial charge in [0.05, 0.1) is 19.5 Å². The van der Waals surface area contributed by atoms with Crippen LogP contribution in [0.3, 0.4) is 0 Å². The van der Waals surface area contributed by atoms with E-state index in [1.54, 1.807) is 0 Å². The van der Waals surface area contributed by atoms with Gasteiger partial charge >= 0.3 is 5.97 Å². The van der Waals surface area contributed by atoms with Crippen molar-refractivity contribution in [3.05, 3.63) is 42.5 Å². The number of carbonyl (C=O) groups is 1. The van der Waals surface area contributed by atoms with Crippen LogP contribution in [0, 0.1) is 0 Å². The highest BCUT2D eigenvalue weighted by Gasteiger charge is 2.30. The summed E-state index contributed by atoms with van der Waals surface area (Å²) in [5.41, 5.74) is 2.39. The molecule has 1 atom stereocenters. The third-order valence-electron chi connectivity index (χ3n) is 6.41. The zero-order valence-electron chi connectivity index (χ0n) is 20.5. The number of imidazole rings is 1. The average molecular weight is 456 g/mol. The average Bonchev–Trinajstić information content (AvgIpc) is 3.45. The fourth-order valence-corrected chi connectivity index (χ4v) is 4.61. The molecule has 0 spiro atoms. The van der Waals surface area contributed by atoms with Gasteiger partial charge in [-0.1, -0.05) is 51.9 Å². The molecule has 1 unspecified atom stereocenters. The van der Waals surface area contributed by atoms with Crippen LogP contribution in [0.25, 0.3) is 0 Å². The Balaban J connectivity index is 1.53. The number of ether oxygens (including phenoxy) is 2. The van der Waals surface area contributed by atoms with E-state index in [1.807, 2.05) is 31.7 Å². The largest absolute Gasteiger partial charge is 0.494 e. The summed E-state index contributed by atoms with van der Waals surface area (Å²) >= 11 is 0. The first-order valence-corrected chi connectivity index (χ1v) is 12.8. The van der Waals surface area contributed by atoms with Gasteiger partial charge in [0.15, 0.2) is 0 Å². The van der Waals surface area contributed by atoms with Gasteiger partial charge in [-0.2, -0.15) is 0 Å². The zero-order chi connectivity index (χ0) is 23.3. The summed E-state index contributed by atoms with van der Waals surface area (Å²) in [5, 5.41) is 0. The minimum Gasteiger partial charge on any atom is -0.494 e. The smallest absolute Gasteiger partial charge is 0.325 e. The van der Waals surface area contributed by atoms with Gasteiger partial charge in [0.2, 0.25) is 0 Å². The number of benzene rings is 1. The van der Waals surface area contributed by atoms with Crippen molar-refractivity contribution in [1.82, 2.24) is 9.55 Å². The van der Waals surface area contributed by atoms with E-state index < -0.39 is 0 Å². The summed E-state index contributed by atoms with van der Waals surface area (Å²) in [7, 11) is 0. The molecule has 0 fully saturated rings. The fourth-order valence-electron chi connectivity index (χ4n) is 4.61. The minimum absolute atomic E-state index is 0.172. The molecule has 6 heteroatoms. The third kappa shape index (κ3) is 8.09. The Hall–Kier alpha value is -2.50. The maximum Gasteiger partial charge on any atom is 0.325 e. The molecule has 1 aliphatic heterocycles. The summed E-state index contributed by atoms with van der Waals surface area (Å²) in [6, 6.07) is 6.33. The number of unbranched alkanes of at least 4 members (excludes halogenated alkanes) is 7. The second kappa shape index (κ2) is 13.9. The number of fused-ring (bicyclic) bond motifs is 1. The van der Waals surface area contributed by atoms with Crippen molar-refractivity contribution in [2.75, 3.05) is 31.2 Å². The van der Waals surface area contributed by atoms with Crippen LogP contribution in [0.5, 0.6) is 5.75 Å². The number of hydrogen-bond donors (Lipinski definition) is 0. The van der Waals surface area contributed by atoms with Crippen LogP contribution in [-0.4, -0.2) is 41.8 Å². The lowest BCUT2D eigenvalue weighted by molar-refractivity contribution is -0.141. The molecule has 0 radical (unpaired) electrons. The zero-order valence-corrected chi connectivity index (χ0v) is 20.5. The molecule has 33 heavy (non-hydrogen) atoms. The van der Waals surface area contributed by atoms with Gasteiger partial charge < -0.3 is 18.9 Å². The van der Waals surface area contributed by atoms with Crippen molar-refractivity contribution in [3.8, 4) is 5.75 Å². The van der Waals surface area contributed by atoms with Crippen molar-refractivity contribution in [1.29, 1.82) is 0 Å². The maximum absolute atomic E-state index is 12.1. The summed E-state index contributed by atoms with van der Waals surface area (Å²) < 4.78 is 13.4. The van der Waals surface area contributed by atoms with E-state index in [-0.39, 0.29) is 5.97 Å². The maximum atomic E-state index is 12.1. The SMILES string of the molecule is CCCCCCCCCCOc1ccc2c(c1)C(CCn1ccnc1)CN2CC(=O)OCC. The molecule has 0 saturated carbocycles. The Morgan fingerprint density at radius 3 is 2.61 bits per heavy atom. The molecule has 0 bridgehead atoms. The number of nitrogens with zero attached hydrogens (tertiary/aromatic N) is 3. The van der Waals surface area contributed by atoms with E-state index in [0.29, 0.717) is 19.1 Å². The topological polar surface area (TPSA) is 56.6 Å². The number of rotatable bonds is 16. The molecule has 0 aliphatic carbocycles. The van der Waals surface area contributed by atoms with Crippen LogP contribution in [0.1, 0.15) is 83.1 Å². The van der Waals surface area contributed by atoms with E-state index in [4.69, 9.17) is 9.47 Å². The predicted molar refractivity (Wildman–Crippen MR) is 133 cm³/mol. The predicted octanol–water partition coefficient (Wildman–Crippen LogP) is 5.96. The molecule has 1 aromatic carbocycles. The lowest BCUT2D eigenvalue weighted by Gasteiger charge is -2.19. The molecule has 6 nitrogen and oxygen atoms in total. The van der Waals surface area contributed by atoms with Crippen molar-refractivity contribution in [3.63, 3.8) is 0 Å². The Labute approximate surface area is 199 Å². The fraction of sp³-hybridized carbons (Fsp3) is 0.630. The normalized spacial score (nSPS) is 15.0.